The van der Waals surface area contributed by atoms with Crippen molar-refractivity contribution in [3.8, 4) is 0 Å². The van der Waals surface area contributed by atoms with Gasteiger partial charge in [-0.2, -0.15) is 5.10 Å². The molecular weight excluding hydrogens is 268 g/mol. The van der Waals surface area contributed by atoms with Crippen LogP contribution in [0.2, 0.25) is 0 Å². The number of rotatable bonds is 3. The van der Waals surface area contributed by atoms with E-state index in [1.165, 1.54) is 6.20 Å². The first-order valence-corrected chi connectivity index (χ1v) is 8.04. The van der Waals surface area contributed by atoms with Crippen LogP contribution in [0.15, 0.2) is 6.20 Å². The van der Waals surface area contributed by atoms with Crippen molar-refractivity contribution >= 4 is 15.8 Å². The Labute approximate surface area is 112 Å². The molecule has 2 heterocycles. The summed E-state index contributed by atoms with van der Waals surface area (Å²) in [4.78, 5) is 11.7. The average molecular weight is 286 g/mol. The second-order valence-electron chi connectivity index (χ2n) is 5.11. The standard InChI is InChI=1S/C12H18N2O4S/c1-4-18-11(15)10-7-13-14(9(10)2)12(3)5-6-19(16,17)8-12/h7H,4-6,8H2,1-3H3. The molecule has 0 radical (unpaired) electrons. The Hall–Kier alpha value is -1.37. The van der Waals surface area contributed by atoms with Crippen LogP contribution >= 0.6 is 0 Å². The third kappa shape index (κ3) is 2.51. The molecular formula is C12H18N2O4S. The summed E-state index contributed by atoms with van der Waals surface area (Å²) in [5.41, 5.74) is 0.471. The van der Waals surface area contributed by atoms with Crippen molar-refractivity contribution in [1.82, 2.24) is 9.78 Å². The highest BCUT2D eigenvalue weighted by molar-refractivity contribution is 7.91. The van der Waals surface area contributed by atoms with E-state index in [1.807, 2.05) is 6.92 Å². The first kappa shape index (κ1) is 14.0. The molecule has 0 amide bonds. The van der Waals surface area contributed by atoms with Gasteiger partial charge in [-0.15, -0.1) is 0 Å². The van der Waals surface area contributed by atoms with Gasteiger partial charge in [0.25, 0.3) is 0 Å². The second-order valence-corrected chi connectivity index (χ2v) is 7.30. The maximum absolute atomic E-state index is 11.7. The molecule has 6 nitrogen and oxygen atoms in total. The van der Waals surface area contributed by atoms with Crippen LogP contribution in [0.1, 0.15) is 36.3 Å². The fourth-order valence-electron chi connectivity index (χ4n) is 2.52. The second kappa shape index (κ2) is 4.63. The normalized spacial score (nSPS) is 25.4. The number of esters is 1. The Balaban J connectivity index is 2.35. The number of nitrogens with zero attached hydrogens (tertiary/aromatic N) is 2. The summed E-state index contributed by atoms with van der Waals surface area (Å²) >= 11 is 0. The lowest BCUT2D eigenvalue weighted by Gasteiger charge is -2.24. The van der Waals surface area contributed by atoms with Crippen LogP contribution in [0.4, 0.5) is 0 Å². The lowest BCUT2D eigenvalue weighted by Crippen LogP contribution is -2.33. The van der Waals surface area contributed by atoms with Crippen LogP contribution in [-0.4, -0.2) is 42.3 Å². The van der Waals surface area contributed by atoms with Gasteiger partial charge in [0, 0.05) is 0 Å². The third-order valence-corrected chi connectivity index (χ3v) is 5.39. The monoisotopic (exact) mass is 286 g/mol. The predicted molar refractivity (Wildman–Crippen MR) is 69.8 cm³/mol. The van der Waals surface area contributed by atoms with Gasteiger partial charge in [-0.05, 0) is 27.2 Å². The highest BCUT2D eigenvalue weighted by Gasteiger charge is 2.41. The molecule has 106 valence electrons. The largest absolute Gasteiger partial charge is 0.462 e. The first-order valence-electron chi connectivity index (χ1n) is 6.22. The number of hydrogen-bond acceptors (Lipinski definition) is 5. The molecule has 2 rings (SSSR count). The van der Waals surface area contributed by atoms with Crippen LogP contribution in [0.3, 0.4) is 0 Å². The predicted octanol–water partition coefficient (Wildman–Crippen LogP) is 0.902. The van der Waals surface area contributed by atoms with Gasteiger partial charge in [-0.3, -0.25) is 4.68 Å². The molecule has 0 spiro atoms. The topological polar surface area (TPSA) is 78.3 Å². The number of carbonyl (C=O) groups excluding carboxylic acids is 1. The molecule has 1 saturated heterocycles. The Morgan fingerprint density at radius 1 is 1.58 bits per heavy atom. The maximum Gasteiger partial charge on any atom is 0.341 e. The number of carbonyl (C=O) groups is 1. The molecule has 1 aromatic heterocycles. The minimum Gasteiger partial charge on any atom is -0.462 e. The molecule has 1 fully saturated rings. The van der Waals surface area contributed by atoms with Gasteiger partial charge in [-0.25, -0.2) is 13.2 Å². The third-order valence-electron chi connectivity index (χ3n) is 3.50. The molecule has 1 aliphatic rings. The van der Waals surface area contributed by atoms with Gasteiger partial charge in [0.05, 0.1) is 35.5 Å². The van der Waals surface area contributed by atoms with Crippen LogP contribution in [0.25, 0.3) is 0 Å². The van der Waals surface area contributed by atoms with Gasteiger partial charge < -0.3 is 4.74 Å². The zero-order valence-corrected chi connectivity index (χ0v) is 12.2. The molecule has 19 heavy (non-hydrogen) atoms. The van der Waals surface area contributed by atoms with Crippen molar-refractivity contribution in [2.24, 2.45) is 0 Å². The first-order chi connectivity index (χ1) is 8.79. The highest BCUT2D eigenvalue weighted by Crippen LogP contribution is 2.31. The van der Waals surface area contributed by atoms with Gasteiger partial charge in [-0.1, -0.05) is 0 Å². The minimum absolute atomic E-state index is 0.0603. The number of ether oxygens (including phenoxy) is 1. The number of aromatic nitrogens is 2. The van der Waals surface area contributed by atoms with E-state index >= 15 is 0 Å². The smallest absolute Gasteiger partial charge is 0.341 e. The summed E-state index contributed by atoms with van der Waals surface area (Å²) < 4.78 is 29.9. The van der Waals surface area contributed by atoms with Crippen LogP contribution < -0.4 is 0 Å². The zero-order chi connectivity index (χ0) is 14.3. The molecule has 1 aromatic rings. The number of sulfone groups is 1. The summed E-state index contributed by atoms with van der Waals surface area (Å²) in [5.74, 6) is -0.196. The maximum atomic E-state index is 11.7. The van der Waals surface area contributed by atoms with Crippen molar-refractivity contribution in [3.63, 3.8) is 0 Å². The van der Waals surface area contributed by atoms with Crippen LogP contribution in [0.5, 0.6) is 0 Å². The molecule has 7 heteroatoms. The van der Waals surface area contributed by atoms with Crippen molar-refractivity contribution in [3.05, 3.63) is 17.5 Å². The van der Waals surface area contributed by atoms with E-state index in [1.54, 1.807) is 18.5 Å². The molecule has 1 atom stereocenters. The van der Waals surface area contributed by atoms with E-state index in [0.29, 0.717) is 24.3 Å². The molecule has 0 saturated carbocycles. The van der Waals surface area contributed by atoms with E-state index in [4.69, 9.17) is 4.74 Å². The zero-order valence-electron chi connectivity index (χ0n) is 11.3. The lowest BCUT2D eigenvalue weighted by atomic mass is 10.0. The Bertz CT molecular complexity index is 605. The fourth-order valence-corrected chi connectivity index (χ4v) is 4.63. The summed E-state index contributed by atoms with van der Waals surface area (Å²) in [7, 11) is -3.02. The van der Waals surface area contributed by atoms with E-state index < -0.39 is 21.3 Å². The van der Waals surface area contributed by atoms with Crippen molar-refractivity contribution in [1.29, 1.82) is 0 Å². The summed E-state index contributed by atoms with van der Waals surface area (Å²) in [5, 5.41) is 4.19. The number of hydrogen-bond donors (Lipinski definition) is 0. The van der Waals surface area contributed by atoms with Gasteiger partial charge >= 0.3 is 5.97 Å². The van der Waals surface area contributed by atoms with Gasteiger partial charge in [0.2, 0.25) is 0 Å². The molecule has 0 aromatic carbocycles. The van der Waals surface area contributed by atoms with Crippen LogP contribution in [0, 0.1) is 6.92 Å². The van der Waals surface area contributed by atoms with E-state index in [0.717, 1.165) is 0 Å². The Kier molecular flexibility index (Phi) is 3.42. The van der Waals surface area contributed by atoms with E-state index in [9.17, 15) is 13.2 Å². The SMILES string of the molecule is CCOC(=O)c1cnn(C2(C)CCS(=O)(=O)C2)c1C. The molecule has 0 aliphatic carbocycles. The fraction of sp³-hybridized carbons (Fsp3) is 0.667. The van der Waals surface area contributed by atoms with Crippen molar-refractivity contribution in [2.45, 2.75) is 32.7 Å². The summed E-state index contributed by atoms with van der Waals surface area (Å²) in [6, 6.07) is 0. The minimum atomic E-state index is -3.02. The van der Waals surface area contributed by atoms with Crippen LogP contribution in [-0.2, 0) is 20.1 Å². The molecule has 1 aliphatic heterocycles. The molecule has 0 bridgehead atoms. The summed E-state index contributed by atoms with van der Waals surface area (Å²) in [6.07, 6.45) is 1.96. The quantitative estimate of drug-likeness (QED) is 0.771. The Morgan fingerprint density at radius 2 is 2.26 bits per heavy atom. The highest BCUT2D eigenvalue weighted by atomic mass is 32.2. The molecule has 0 N–H and O–H groups in total. The Morgan fingerprint density at radius 3 is 2.79 bits per heavy atom. The summed E-state index contributed by atoms with van der Waals surface area (Å²) in [6.45, 7) is 5.65. The van der Waals surface area contributed by atoms with Gasteiger partial charge in [0.15, 0.2) is 9.84 Å². The van der Waals surface area contributed by atoms with E-state index in [2.05, 4.69) is 5.10 Å². The lowest BCUT2D eigenvalue weighted by molar-refractivity contribution is 0.0525. The molecule has 1 unspecified atom stereocenters. The van der Waals surface area contributed by atoms with E-state index in [-0.39, 0.29) is 11.5 Å². The van der Waals surface area contributed by atoms with Gasteiger partial charge in [0.1, 0.15) is 5.56 Å². The van der Waals surface area contributed by atoms with Crippen molar-refractivity contribution < 1.29 is 17.9 Å². The average Bonchev–Trinajstić information content (AvgIpc) is 2.81. The van der Waals surface area contributed by atoms with Crippen molar-refractivity contribution in [2.75, 3.05) is 18.1 Å².